The lowest BCUT2D eigenvalue weighted by Crippen LogP contribution is -2.37. The summed E-state index contributed by atoms with van der Waals surface area (Å²) in [4.78, 5) is 11.8. The van der Waals surface area contributed by atoms with Crippen LogP contribution in [0.25, 0.3) is 6.08 Å². The highest BCUT2D eigenvalue weighted by Gasteiger charge is 2.00. The fourth-order valence-corrected chi connectivity index (χ4v) is 2.04. The Balaban J connectivity index is 1.79. The first kappa shape index (κ1) is 16.7. The van der Waals surface area contributed by atoms with Gasteiger partial charge >= 0.3 is 0 Å². The number of rotatable bonds is 5. The number of nitrogens with one attached hydrogen (secondary N) is 2. The molecule has 4 nitrogen and oxygen atoms in total. The Kier molecular flexibility index (Phi) is 6.32. The second kappa shape index (κ2) is 8.70. The zero-order valence-corrected chi connectivity index (χ0v) is 13.6. The van der Waals surface area contributed by atoms with Gasteiger partial charge in [0.2, 0.25) is 5.91 Å². The first-order valence-electron chi connectivity index (χ1n) is 7.12. The van der Waals surface area contributed by atoms with E-state index < -0.39 is 0 Å². The zero-order valence-electron chi connectivity index (χ0n) is 12.8. The Labute approximate surface area is 141 Å². The third-order valence-electron chi connectivity index (χ3n) is 3.08. The minimum atomic E-state index is -0.272. The van der Waals surface area contributed by atoms with Crippen LogP contribution >= 0.6 is 12.2 Å². The average Bonchev–Trinajstić information content (AvgIpc) is 2.59. The lowest BCUT2D eigenvalue weighted by atomic mass is 10.2. The van der Waals surface area contributed by atoms with Crippen LogP contribution in [0.15, 0.2) is 60.7 Å². The molecule has 5 heteroatoms. The van der Waals surface area contributed by atoms with Crippen molar-refractivity contribution in [1.82, 2.24) is 10.6 Å². The van der Waals surface area contributed by atoms with Gasteiger partial charge in [-0.05, 0) is 41.6 Å². The summed E-state index contributed by atoms with van der Waals surface area (Å²) < 4.78 is 5.08. The molecule has 1 amide bonds. The normalized spacial score (nSPS) is 10.3. The van der Waals surface area contributed by atoms with E-state index in [1.807, 2.05) is 54.6 Å². The van der Waals surface area contributed by atoms with E-state index in [2.05, 4.69) is 10.6 Å². The maximum atomic E-state index is 11.8. The number of carbonyl (C=O) groups excluding carboxylic acids is 1. The Morgan fingerprint density at radius 1 is 1.13 bits per heavy atom. The van der Waals surface area contributed by atoms with Crippen LogP contribution in [-0.4, -0.2) is 18.1 Å². The molecular weight excluding hydrogens is 308 g/mol. The summed E-state index contributed by atoms with van der Waals surface area (Å²) in [6, 6.07) is 17.2. The van der Waals surface area contributed by atoms with Gasteiger partial charge in [0.05, 0.1) is 7.11 Å². The molecule has 23 heavy (non-hydrogen) atoms. The highest BCUT2D eigenvalue weighted by molar-refractivity contribution is 7.80. The number of carbonyl (C=O) groups is 1. The summed E-state index contributed by atoms with van der Waals surface area (Å²) in [7, 11) is 1.61. The van der Waals surface area contributed by atoms with Gasteiger partial charge in [-0.15, -0.1) is 0 Å². The van der Waals surface area contributed by atoms with Gasteiger partial charge in [-0.25, -0.2) is 0 Å². The number of benzene rings is 2. The monoisotopic (exact) mass is 326 g/mol. The molecule has 0 aliphatic heterocycles. The summed E-state index contributed by atoms with van der Waals surface area (Å²) in [5, 5.41) is 5.91. The molecule has 2 rings (SSSR count). The van der Waals surface area contributed by atoms with E-state index in [0.717, 1.165) is 16.9 Å². The zero-order chi connectivity index (χ0) is 16.5. The van der Waals surface area contributed by atoms with Crippen molar-refractivity contribution in [1.29, 1.82) is 0 Å². The Bertz CT molecular complexity index is 682. The third kappa shape index (κ3) is 5.92. The molecular formula is C18H18N2O2S. The van der Waals surface area contributed by atoms with Crippen LogP contribution in [0.3, 0.4) is 0 Å². The number of hydrogen-bond acceptors (Lipinski definition) is 3. The summed E-state index contributed by atoms with van der Waals surface area (Å²) in [6.45, 7) is 0.572. The van der Waals surface area contributed by atoms with Crippen LogP contribution in [-0.2, 0) is 11.3 Å². The molecule has 2 aromatic rings. The SMILES string of the molecule is COc1ccc(/C=C/C(=O)NC(=S)NCc2ccccc2)cc1. The van der Waals surface area contributed by atoms with Gasteiger partial charge < -0.3 is 10.1 Å². The molecule has 0 saturated heterocycles. The van der Waals surface area contributed by atoms with Gasteiger partial charge in [0.15, 0.2) is 5.11 Å². The second-order valence-electron chi connectivity index (χ2n) is 4.76. The topological polar surface area (TPSA) is 50.4 Å². The molecule has 118 valence electrons. The van der Waals surface area contributed by atoms with Gasteiger partial charge in [0, 0.05) is 12.6 Å². The molecule has 0 bridgehead atoms. The largest absolute Gasteiger partial charge is 0.497 e. The van der Waals surface area contributed by atoms with E-state index in [1.165, 1.54) is 6.08 Å². The summed E-state index contributed by atoms with van der Waals surface area (Å²) in [5.41, 5.74) is 2.00. The van der Waals surface area contributed by atoms with Crippen molar-refractivity contribution in [2.45, 2.75) is 6.54 Å². The number of ether oxygens (including phenoxy) is 1. The fourth-order valence-electron chi connectivity index (χ4n) is 1.86. The van der Waals surface area contributed by atoms with E-state index in [4.69, 9.17) is 17.0 Å². The molecule has 0 heterocycles. The summed E-state index contributed by atoms with van der Waals surface area (Å²) in [5.74, 6) is 0.504. The van der Waals surface area contributed by atoms with Gasteiger partial charge in [-0.2, -0.15) is 0 Å². The van der Waals surface area contributed by atoms with Crippen LogP contribution < -0.4 is 15.4 Å². The van der Waals surface area contributed by atoms with Crippen molar-refractivity contribution in [2.75, 3.05) is 7.11 Å². The molecule has 0 saturated carbocycles. The second-order valence-corrected chi connectivity index (χ2v) is 5.17. The van der Waals surface area contributed by atoms with Crippen LogP contribution in [0, 0.1) is 0 Å². The predicted molar refractivity (Wildman–Crippen MR) is 96.1 cm³/mol. The molecule has 0 atom stereocenters. The lowest BCUT2D eigenvalue weighted by molar-refractivity contribution is -0.115. The van der Waals surface area contributed by atoms with Gasteiger partial charge in [0.25, 0.3) is 0 Å². The number of thiocarbonyl (C=S) groups is 1. The maximum Gasteiger partial charge on any atom is 0.250 e. The number of methoxy groups -OCH3 is 1. The quantitative estimate of drug-likeness (QED) is 0.655. The van der Waals surface area contributed by atoms with Crippen molar-refractivity contribution in [2.24, 2.45) is 0 Å². The van der Waals surface area contributed by atoms with E-state index in [0.29, 0.717) is 11.7 Å². The maximum absolute atomic E-state index is 11.8. The van der Waals surface area contributed by atoms with Crippen molar-refractivity contribution in [3.05, 3.63) is 71.8 Å². The molecule has 0 aromatic heterocycles. The van der Waals surface area contributed by atoms with Crippen LogP contribution in [0.1, 0.15) is 11.1 Å². The fraction of sp³-hybridized carbons (Fsp3) is 0.111. The van der Waals surface area contributed by atoms with E-state index in [1.54, 1.807) is 13.2 Å². The molecule has 0 spiro atoms. The molecule has 2 N–H and O–H groups in total. The Morgan fingerprint density at radius 3 is 2.48 bits per heavy atom. The third-order valence-corrected chi connectivity index (χ3v) is 3.32. The van der Waals surface area contributed by atoms with E-state index in [-0.39, 0.29) is 5.91 Å². The highest BCUT2D eigenvalue weighted by atomic mass is 32.1. The summed E-state index contributed by atoms with van der Waals surface area (Å²) in [6.07, 6.45) is 3.16. The van der Waals surface area contributed by atoms with Crippen LogP contribution in [0.2, 0.25) is 0 Å². The Hall–Kier alpha value is -2.66. The van der Waals surface area contributed by atoms with E-state index >= 15 is 0 Å². The average molecular weight is 326 g/mol. The van der Waals surface area contributed by atoms with Crippen molar-refractivity contribution >= 4 is 29.3 Å². The summed E-state index contributed by atoms with van der Waals surface area (Å²) >= 11 is 5.10. The van der Waals surface area contributed by atoms with Crippen LogP contribution in [0.4, 0.5) is 0 Å². The van der Waals surface area contributed by atoms with Gasteiger partial charge in [-0.3, -0.25) is 10.1 Å². The highest BCUT2D eigenvalue weighted by Crippen LogP contribution is 2.12. The first-order valence-corrected chi connectivity index (χ1v) is 7.53. The van der Waals surface area contributed by atoms with E-state index in [9.17, 15) is 4.79 Å². The first-order chi connectivity index (χ1) is 11.2. The van der Waals surface area contributed by atoms with Crippen LogP contribution in [0.5, 0.6) is 5.75 Å². The molecule has 0 aliphatic rings. The minimum absolute atomic E-state index is 0.272. The number of amides is 1. The lowest BCUT2D eigenvalue weighted by Gasteiger charge is -2.08. The van der Waals surface area contributed by atoms with Crippen molar-refractivity contribution in [3.8, 4) is 5.75 Å². The van der Waals surface area contributed by atoms with Crippen molar-refractivity contribution in [3.63, 3.8) is 0 Å². The standard InChI is InChI=1S/C18H18N2O2S/c1-22-16-10-7-14(8-11-16)9-12-17(21)20-18(23)19-13-15-5-3-2-4-6-15/h2-12H,13H2,1H3,(H2,19,20,21,23)/b12-9+. The van der Waals surface area contributed by atoms with Gasteiger partial charge in [0.1, 0.15) is 5.75 Å². The minimum Gasteiger partial charge on any atom is -0.497 e. The molecule has 0 unspecified atom stereocenters. The smallest absolute Gasteiger partial charge is 0.250 e. The molecule has 0 aliphatic carbocycles. The predicted octanol–water partition coefficient (Wildman–Crippen LogP) is 2.90. The molecule has 0 fully saturated rings. The molecule has 2 aromatic carbocycles. The Morgan fingerprint density at radius 2 is 1.83 bits per heavy atom. The number of hydrogen-bond donors (Lipinski definition) is 2. The van der Waals surface area contributed by atoms with Gasteiger partial charge in [-0.1, -0.05) is 42.5 Å². The molecule has 0 radical (unpaired) electrons. The van der Waals surface area contributed by atoms with Crippen molar-refractivity contribution < 1.29 is 9.53 Å².